The molecule has 0 saturated heterocycles. The molecule has 21 heavy (non-hydrogen) atoms. The van der Waals surface area contributed by atoms with Crippen molar-refractivity contribution in [3.8, 4) is 0 Å². The quantitative estimate of drug-likeness (QED) is 0.885. The van der Waals surface area contributed by atoms with E-state index in [4.69, 9.17) is 0 Å². The van der Waals surface area contributed by atoms with E-state index >= 15 is 0 Å². The summed E-state index contributed by atoms with van der Waals surface area (Å²) in [4.78, 5) is 12.0. The van der Waals surface area contributed by atoms with Gasteiger partial charge in [-0.15, -0.1) is 0 Å². The average Bonchev–Trinajstić information content (AvgIpc) is 2.46. The zero-order valence-electron chi connectivity index (χ0n) is 12.4. The molecule has 1 amide bonds. The third-order valence-corrected chi connectivity index (χ3v) is 3.61. The molecule has 110 valence electrons. The van der Waals surface area contributed by atoms with Gasteiger partial charge in [-0.2, -0.15) is 0 Å². The Morgan fingerprint density at radius 1 is 1.14 bits per heavy atom. The van der Waals surface area contributed by atoms with Gasteiger partial charge in [0.15, 0.2) is 0 Å². The van der Waals surface area contributed by atoms with Crippen LogP contribution in [-0.2, 0) is 11.2 Å². The standard InChI is InChI=1S/C18H20FNO/c1-13-7-3-5-9-16(13)14(2)20-18(21)12-11-15-8-4-6-10-17(15)19/h3-10,14H,11-12H2,1-2H3,(H,20,21). The zero-order chi connectivity index (χ0) is 15.2. The molecule has 0 fully saturated rings. The van der Waals surface area contributed by atoms with Crippen LogP contribution in [0.15, 0.2) is 48.5 Å². The first-order valence-electron chi connectivity index (χ1n) is 7.16. The minimum atomic E-state index is -0.253. The second kappa shape index (κ2) is 7.02. The molecule has 2 rings (SSSR count). The summed E-state index contributed by atoms with van der Waals surface area (Å²) in [6.07, 6.45) is 0.705. The third kappa shape index (κ3) is 4.15. The van der Waals surface area contributed by atoms with Crippen LogP contribution in [0.3, 0.4) is 0 Å². The minimum absolute atomic E-state index is 0.0423. The fraction of sp³-hybridized carbons (Fsp3) is 0.278. The number of benzene rings is 2. The second-order valence-corrected chi connectivity index (χ2v) is 5.24. The Bertz CT molecular complexity index is 624. The largest absolute Gasteiger partial charge is 0.350 e. The van der Waals surface area contributed by atoms with E-state index < -0.39 is 0 Å². The lowest BCUT2D eigenvalue weighted by molar-refractivity contribution is -0.121. The topological polar surface area (TPSA) is 29.1 Å². The molecule has 2 nitrogen and oxygen atoms in total. The molecule has 1 unspecified atom stereocenters. The summed E-state index contributed by atoms with van der Waals surface area (Å²) in [6, 6.07) is 14.5. The molecule has 0 heterocycles. The van der Waals surface area contributed by atoms with Crippen molar-refractivity contribution in [3.05, 3.63) is 71.0 Å². The maximum Gasteiger partial charge on any atom is 0.220 e. The van der Waals surface area contributed by atoms with Crippen molar-refractivity contribution in [2.45, 2.75) is 32.7 Å². The van der Waals surface area contributed by atoms with Crippen molar-refractivity contribution in [1.29, 1.82) is 0 Å². The molecular weight excluding hydrogens is 265 g/mol. The Morgan fingerprint density at radius 2 is 1.81 bits per heavy atom. The van der Waals surface area contributed by atoms with Crippen molar-refractivity contribution in [2.24, 2.45) is 0 Å². The molecule has 2 aromatic rings. The second-order valence-electron chi connectivity index (χ2n) is 5.24. The van der Waals surface area contributed by atoms with Crippen LogP contribution in [0.1, 0.15) is 36.1 Å². The van der Waals surface area contributed by atoms with Crippen molar-refractivity contribution in [1.82, 2.24) is 5.32 Å². The van der Waals surface area contributed by atoms with Crippen LogP contribution in [0.25, 0.3) is 0 Å². The van der Waals surface area contributed by atoms with E-state index in [1.807, 2.05) is 38.1 Å². The minimum Gasteiger partial charge on any atom is -0.350 e. The highest BCUT2D eigenvalue weighted by atomic mass is 19.1. The van der Waals surface area contributed by atoms with E-state index in [9.17, 15) is 9.18 Å². The number of hydrogen-bond acceptors (Lipinski definition) is 1. The molecule has 0 aliphatic heterocycles. The molecule has 0 radical (unpaired) electrons. The van der Waals surface area contributed by atoms with Crippen LogP contribution >= 0.6 is 0 Å². The lowest BCUT2D eigenvalue weighted by Crippen LogP contribution is -2.27. The Balaban J connectivity index is 1.90. The first-order chi connectivity index (χ1) is 10.1. The highest BCUT2D eigenvalue weighted by Crippen LogP contribution is 2.17. The predicted molar refractivity (Wildman–Crippen MR) is 82.5 cm³/mol. The summed E-state index contributed by atoms with van der Waals surface area (Å²) in [7, 11) is 0. The van der Waals surface area contributed by atoms with Crippen molar-refractivity contribution in [3.63, 3.8) is 0 Å². The molecule has 0 aromatic heterocycles. The smallest absolute Gasteiger partial charge is 0.220 e. The van der Waals surface area contributed by atoms with Gasteiger partial charge in [0.1, 0.15) is 5.82 Å². The van der Waals surface area contributed by atoms with Gasteiger partial charge < -0.3 is 5.32 Å². The van der Waals surface area contributed by atoms with Gasteiger partial charge in [-0.3, -0.25) is 4.79 Å². The summed E-state index contributed by atoms with van der Waals surface area (Å²) < 4.78 is 13.5. The number of aryl methyl sites for hydroxylation is 2. The predicted octanol–water partition coefficient (Wildman–Crippen LogP) is 3.94. The number of halogens is 1. The third-order valence-electron chi connectivity index (χ3n) is 3.61. The normalized spacial score (nSPS) is 12.0. The van der Waals surface area contributed by atoms with Crippen LogP contribution < -0.4 is 5.32 Å². The number of nitrogens with one attached hydrogen (secondary N) is 1. The van der Waals surface area contributed by atoms with E-state index in [0.29, 0.717) is 12.0 Å². The first-order valence-corrected chi connectivity index (χ1v) is 7.16. The Morgan fingerprint density at radius 3 is 2.52 bits per heavy atom. The highest BCUT2D eigenvalue weighted by Gasteiger charge is 2.12. The van der Waals surface area contributed by atoms with E-state index in [2.05, 4.69) is 5.32 Å². The number of rotatable bonds is 5. The summed E-state index contributed by atoms with van der Waals surface area (Å²) >= 11 is 0. The van der Waals surface area contributed by atoms with E-state index in [1.54, 1.807) is 18.2 Å². The molecule has 1 atom stereocenters. The average molecular weight is 285 g/mol. The zero-order valence-corrected chi connectivity index (χ0v) is 12.4. The van der Waals surface area contributed by atoms with Gasteiger partial charge in [0.05, 0.1) is 6.04 Å². The molecule has 1 N–H and O–H groups in total. The van der Waals surface area contributed by atoms with Crippen LogP contribution in [-0.4, -0.2) is 5.91 Å². The lowest BCUT2D eigenvalue weighted by Gasteiger charge is -2.16. The van der Waals surface area contributed by atoms with Crippen LogP contribution in [0, 0.1) is 12.7 Å². The van der Waals surface area contributed by atoms with Crippen molar-refractivity contribution in [2.75, 3.05) is 0 Å². The fourth-order valence-electron chi connectivity index (χ4n) is 2.41. The Kier molecular flexibility index (Phi) is 5.09. The molecule has 0 aliphatic carbocycles. The molecule has 0 saturated carbocycles. The Hall–Kier alpha value is -2.16. The highest BCUT2D eigenvalue weighted by molar-refractivity contribution is 5.76. The SMILES string of the molecule is Cc1ccccc1C(C)NC(=O)CCc1ccccc1F. The molecule has 0 aliphatic rings. The number of carbonyl (C=O) groups is 1. The van der Waals surface area contributed by atoms with Gasteiger partial charge in [0.2, 0.25) is 5.91 Å². The van der Waals surface area contributed by atoms with Gasteiger partial charge in [-0.1, -0.05) is 42.5 Å². The fourth-order valence-corrected chi connectivity index (χ4v) is 2.41. The summed E-state index contributed by atoms with van der Waals surface area (Å²) in [5, 5.41) is 2.97. The Labute approximate surface area is 125 Å². The van der Waals surface area contributed by atoms with Crippen LogP contribution in [0.5, 0.6) is 0 Å². The van der Waals surface area contributed by atoms with Crippen LogP contribution in [0.4, 0.5) is 4.39 Å². The molecule has 0 spiro atoms. The monoisotopic (exact) mass is 285 g/mol. The number of amides is 1. The maximum absolute atomic E-state index is 13.5. The van der Waals surface area contributed by atoms with Gasteiger partial charge >= 0.3 is 0 Å². The maximum atomic E-state index is 13.5. The van der Waals surface area contributed by atoms with E-state index in [0.717, 1.165) is 11.1 Å². The molecular formula is C18H20FNO. The molecule has 0 bridgehead atoms. The number of hydrogen-bond donors (Lipinski definition) is 1. The first kappa shape index (κ1) is 15.2. The van der Waals surface area contributed by atoms with Gasteiger partial charge in [0.25, 0.3) is 0 Å². The van der Waals surface area contributed by atoms with Crippen molar-refractivity contribution >= 4 is 5.91 Å². The number of carbonyl (C=O) groups excluding carboxylic acids is 1. The summed E-state index contributed by atoms with van der Waals surface area (Å²) in [5.41, 5.74) is 2.84. The van der Waals surface area contributed by atoms with E-state index in [1.165, 1.54) is 6.07 Å². The summed E-state index contributed by atoms with van der Waals surface area (Å²) in [6.45, 7) is 3.99. The van der Waals surface area contributed by atoms with Gasteiger partial charge in [0, 0.05) is 6.42 Å². The van der Waals surface area contributed by atoms with Crippen LogP contribution in [0.2, 0.25) is 0 Å². The van der Waals surface area contributed by atoms with Gasteiger partial charge in [-0.25, -0.2) is 4.39 Å². The van der Waals surface area contributed by atoms with E-state index in [-0.39, 0.29) is 24.2 Å². The lowest BCUT2D eigenvalue weighted by atomic mass is 10.0. The van der Waals surface area contributed by atoms with Crippen molar-refractivity contribution < 1.29 is 9.18 Å². The molecule has 2 aromatic carbocycles. The van der Waals surface area contributed by atoms with Gasteiger partial charge in [-0.05, 0) is 43.0 Å². The molecule has 3 heteroatoms. The summed E-state index contributed by atoms with van der Waals surface area (Å²) in [5.74, 6) is -0.314.